The van der Waals surface area contributed by atoms with Crippen molar-refractivity contribution in [3.8, 4) is 11.3 Å². The molecule has 1 aromatic carbocycles. The van der Waals surface area contributed by atoms with E-state index < -0.39 is 23.6 Å². The quantitative estimate of drug-likeness (QED) is 0.685. The van der Waals surface area contributed by atoms with Gasteiger partial charge in [-0.1, -0.05) is 6.07 Å². The topological polar surface area (TPSA) is 96.9 Å². The molecule has 28 heavy (non-hydrogen) atoms. The van der Waals surface area contributed by atoms with Gasteiger partial charge in [0.05, 0.1) is 22.5 Å². The van der Waals surface area contributed by atoms with Crippen molar-refractivity contribution in [2.45, 2.75) is 13.1 Å². The highest BCUT2D eigenvalue weighted by molar-refractivity contribution is 7.07. The summed E-state index contributed by atoms with van der Waals surface area (Å²) in [7, 11) is 0. The third-order valence-electron chi connectivity index (χ3n) is 3.50. The smallest absolute Gasteiger partial charge is 0.326 e. The lowest BCUT2D eigenvalue weighted by atomic mass is 10.1. The molecular formula is C17H12F3N5O2S. The van der Waals surface area contributed by atoms with Crippen molar-refractivity contribution in [3.05, 3.63) is 52.5 Å². The molecule has 0 saturated carbocycles. The maximum Gasteiger partial charge on any atom is 0.418 e. The molecule has 0 unspecified atom stereocenters. The van der Waals surface area contributed by atoms with Crippen LogP contribution in [0.1, 0.15) is 23.0 Å². The van der Waals surface area contributed by atoms with Gasteiger partial charge >= 0.3 is 6.18 Å². The summed E-state index contributed by atoms with van der Waals surface area (Å²) in [5.41, 5.74) is 1.000. The molecule has 0 saturated heterocycles. The average molecular weight is 407 g/mol. The molecule has 144 valence electrons. The minimum absolute atomic E-state index is 0.163. The molecule has 0 fully saturated rings. The van der Waals surface area contributed by atoms with E-state index in [0.717, 1.165) is 13.0 Å². The van der Waals surface area contributed by atoms with Crippen LogP contribution in [0, 0.1) is 0 Å². The maximum absolute atomic E-state index is 13.1. The highest BCUT2D eigenvalue weighted by Crippen LogP contribution is 2.37. The molecule has 0 aliphatic rings. The second-order valence-electron chi connectivity index (χ2n) is 5.57. The number of alkyl halides is 3. The molecule has 11 heteroatoms. The number of carbonyl (C=O) groups excluding carboxylic acids is 2. The van der Waals surface area contributed by atoms with Crippen LogP contribution in [-0.4, -0.2) is 27.0 Å². The number of amides is 2. The van der Waals surface area contributed by atoms with Gasteiger partial charge in [-0.3, -0.25) is 9.59 Å². The van der Waals surface area contributed by atoms with E-state index in [1.165, 1.54) is 41.1 Å². The van der Waals surface area contributed by atoms with E-state index in [1.807, 2.05) is 0 Å². The fourth-order valence-electron chi connectivity index (χ4n) is 2.30. The van der Waals surface area contributed by atoms with Crippen LogP contribution in [-0.2, 0) is 11.0 Å². The third kappa shape index (κ3) is 4.49. The molecule has 0 aliphatic carbocycles. The van der Waals surface area contributed by atoms with Crippen LogP contribution in [0.4, 0.5) is 24.7 Å². The predicted molar refractivity (Wildman–Crippen MR) is 96.8 cm³/mol. The Morgan fingerprint density at radius 1 is 1.07 bits per heavy atom. The Bertz CT molecular complexity index is 1000. The van der Waals surface area contributed by atoms with E-state index in [9.17, 15) is 22.8 Å². The molecule has 2 N–H and O–H groups in total. The van der Waals surface area contributed by atoms with E-state index in [2.05, 4.69) is 25.8 Å². The Kier molecular flexibility index (Phi) is 5.36. The number of anilines is 2. The van der Waals surface area contributed by atoms with E-state index in [1.54, 1.807) is 5.38 Å². The first-order chi connectivity index (χ1) is 13.2. The second kappa shape index (κ2) is 7.72. The van der Waals surface area contributed by atoms with E-state index >= 15 is 0 Å². The maximum atomic E-state index is 13.1. The van der Waals surface area contributed by atoms with Crippen molar-refractivity contribution in [1.29, 1.82) is 0 Å². The zero-order valence-electron chi connectivity index (χ0n) is 14.2. The summed E-state index contributed by atoms with van der Waals surface area (Å²) in [5.74, 6) is -0.921. The van der Waals surface area contributed by atoms with Crippen LogP contribution in [0.15, 0.2) is 41.2 Å². The average Bonchev–Trinajstić information content (AvgIpc) is 3.15. The molecule has 3 aromatic rings. The molecule has 0 radical (unpaired) electrons. The van der Waals surface area contributed by atoms with Crippen molar-refractivity contribution in [2.75, 3.05) is 10.6 Å². The van der Waals surface area contributed by atoms with Crippen molar-refractivity contribution in [1.82, 2.24) is 15.2 Å². The van der Waals surface area contributed by atoms with Gasteiger partial charge in [0.25, 0.3) is 5.91 Å². The Labute approximate surface area is 160 Å². The second-order valence-corrected chi connectivity index (χ2v) is 6.29. The van der Waals surface area contributed by atoms with Crippen molar-refractivity contribution in [2.24, 2.45) is 0 Å². The first-order valence-electron chi connectivity index (χ1n) is 7.76. The molecule has 0 aliphatic heterocycles. The van der Waals surface area contributed by atoms with Crippen molar-refractivity contribution < 1.29 is 22.8 Å². The standard InChI is InChI=1S/C17H12F3N5O2S/c1-9(26)22-13-6-10(2-3-11(13)17(18,19)20)12-4-5-15(25-24-12)23-16(27)14-7-28-8-21-14/h2-8H,1H3,(H,22,26)(H,23,25,27). The monoisotopic (exact) mass is 407 g/mol. The van der Waals surface area contributed by atoms with Crippen LogP contribution in [0.5, 0.6) is 0 Å². The molecular weight excluding hydrogens is 395 g/mol. The zero-order valence-corrected chi connectivity index (χ0v) is 15.1. The summed E-state index contributed by atoms with van der Waals surface area (Å²) >= 11 is 1.27. The van der Waals surface area contributed by atoms with Crippen molar-refractivity contribution >= 4 is 34.7 Å². The number of benzene rings is 1. The number of hydrogen-bond acceptors (Lipinski definition) is 6. The molecule has 2 heterocycles. The summed E-state index contributed by atoms with van der Waals surface area (Å²) in [6, 6.07) is 6.21. The lowest BCUT2D eigenvalue weighted by molar-refractivity contribution is -0.136. The fourth-order valence-corrected chi connectivity index (χ4v) is 2.83. The SMILES string of the molecule is CC(=O)Nc1cc(-c2ccc(NC(=O)c3cscn3)nn2)ccc1C(F)(F)F. The molecule has 0 atom stereocenters. The van der Waals surface area contributed by atoms with Gasteiger partial charge in [-0.25, -0.2) is 4.98 Å². The largest absolute Gasteiger partial charge is 0.418 e. The van der Waals surface area contributed by atoms with E-state index in [0.29, 0.717) is 5.56 Å². The Morgan fingerprint density at radius 3 is 2.43 bits per heavy atom. The van der Waals surface area contributed by atoms with Gasteiger partial charge < -0.3 is 10.6 Å². The van der Waals surface area contributed by atoms with Crippen LogP contribution < -0.4 is 10.6 Å². The first-order valence-corrected chi connectivity index (χ1v) is 8.71. The third-order valence-corrected chi connectivity index (χ3v) is 4.09. The lowest BCUT2D eigenvalue weighted by Crippen LogP contribution is -2.14. The fraction of sp³-hybridized carbons (Fsp3) is 0.118. The molecule has 2 amide bonds. The number of hydrogen-bond donors (Lipinski definition) is 2. The van der Waals surface area contributed by atoms with Gasteiger partial charge in [0.2, 0.25) is 5.91 Å². The van der Waals surface area contributed by atoms with E-state index in [4.69, 9.17) is 0 Å². The highest BCUT2D eigenvalue weighted by Gasteiger charge is 2.34. The Hall–Kier alpha value is -3.34. The van der Waals surface area contributed by atoms with Gasteiger partial charge in [-0.05, 0) is 24.3 Å². The number of thiazole rings is 1. The minimum atomic E-state index is -4.62. The molecule has 2 aromatic heterocycles. The van der Waals surface area contributed by atoms with Crippen LogP contribution in [0.25, 0.3) is 11.3 Å². The predicted octanol–water partition coefficient (Wildman–Crippen LogP) is 3.83. The Morgan fingerprint density at radius 2 is 1.86 bits per heavy atom. The molecule has 7 nitrogen and oxygen atoms in total. The van der Waals surface area contributed by atoms with Crippen LogP contribution in [0.2, 0.25) is 0 Å². The van der Waals surface area contributed by atoms with Gasteiger partial charge in [-0.2, -0.15) is 13.2 Å². The lowest BCUT2D eigenvalue weighted by Gasteiger charge is -2.14. The molecule has 0 spiro atoms. The number of halogens is 3. The molecule has 0 bridgehead atoms. The van der Waals surface area contributed by atoms with E-state index in [-0.39, 0.29) is 22.9 Å². The van der Waals surface area contributed by atoms with Crippen LogP contribution in [0.3, 0.4) is 0 Å². The van der Waals surface area contributed by atoms with Crippen LogP contribution >= 0.6 is 11.3 Å². The minimum Gasteiger partial charge on any atom is -0.326 e. The van der Waals surface area contributed by atoms with Gasteiger partial charge in [0.1, 0.15) is 5.69 Å². The number of rotatable bonds is 4. The summed E-state index contributed by atoms with van der Waals surface area (Å²) in [4.78, 5) is 27.0. The van der Waals surface area contributed by atoms with Crippen molar-refractivity contribution in [3.63, 3.8) is 0 Å². The Balaban J connectivity index is 1.85. The highest BCUT2D eigenvalue weighted by atomic mass is 32.1. The molecule has 3 rings (SSSR count). The number of aromatic nitrogens is 3. The van der Waals surface area contributed by atoms with Gasteiger partial charge in [0.15, 0.2) is 5.82 Å². The normalized spacial score (nSPS) is 11.1. The number of carbonyl (C=O) groups is 2. The number of nitrogens with zero attached hydrogens (tertiary/aromatic N) is 3. The summed E-state index contributed by atoms with van der Waals surface area (Å²) < 4.78 is 39.3. The summed E-state index contributed by atoms with van der Waals surface area (Å²) in [5, 5.41) is 14.0. The van der Waals surface area contributed by atoms with Gasteiger partial charge in [-0.15, -0.1) is 21.5 Å². The summed E-state index contributed by atoms with van der Waals surface area (Å²) in [6.07, 6.45) is -4.62. The first kappa shape index (κ1) is 19.4. The summed E-state index contributed by atoms with van der Waals surface area (Å²) in [6.45, 7) is 1.12. The number of nitrogens with one attached hydrogen (secondary N) is 2. The zero-order chi connectivity index (χ0) is 20.3. The van der Waals surface area contributed by atoms with Gasteiger partial charge in [0, 0.05) is 17.9 Å².